The third-order valence-electron chi connectivity index (χ3n) is 4.47. The van der Waals surface area contributed by atoms with E-state index in [2.05, 4.69) is 5.10 Å². The van der Waals surface area contributed by atoms with Crippen molar-refractivity contribution in [2.75, 3.05) is 27.1 Å². The predicted octanol–water partition coefficient (Wildman–Crippen LogP) is 3.21. The highest BCUT2D eigenvalue weighted by Gasteiger charge is 2.35. The summed E-state index contributed by atoms with van der Waals surface area (Å²) < 4.78 is 42.0. The molecule has 0 aromatic heterocycles. The quantitative estimate of drug-likeness (QED) is 0.708. The van der Waals surface area contributed by atoms with Gasteiger partial charge in [-0.3, -0.25) is 0 Å². The number of hydrogen-bond donors (Lipinski definition) is 0. The van der Waals surface area contributed by atoms with Crippen LogP contribution in [0.4, 0.5) is 0 Å². The first-order valence-electron chi connectivity index (χ1n) is 8.88. The Labute approximate surface area is 165 Å². The number of methoxy groups -OCH3 is 2. The molecule has 8 heteroatoms. The van der Waals surface area contributed by atoms with Crippen LogP contribution in [0.25, 0.3) is 0 Å². The maximum atomic E-state index is 12.4. The Balaban J connectivity index is 1.97. The van der Waals surface area contributed by atoms with Crippen LogP contribution in [0.15, 0.2) is 47.6 Å². The SMILES string of the molecule is CCOc1ccc(C2=NN(S(C)(=O)=O)[C@@H](c3cc(OC)cc(OC)c3)C2)cc1. The molecule has 2 aromatic carbocycles. The van der Waals surface area contributed by atoms with Gasteiger partial charge in [-0.15, -0.1) is 0 Å². The van der Waals surface area contributed by atoms with Gasteiger partial charge in [0, 0.05) is 12.5 Å². The van der Waals surface area contributed by atoms with Gasteiger partial charge >= 0.3 is 0 Å². The molecule has 3 rings (SSSR count). The van der Waals surface area contributed by atoms with Crippen LogP contribution in [-0.2, 0) is 10.0 Å². The zero-order valence-corrected chi connectivity index (χ0v) is 17.2. The number of rotatable bonds is 7. The van der Waals surface area contributed by atoms with E-state index in [0.717, 1.165) is 27.5 Å². The van der Waals surface area contributed by atoms with Crippen molar-refractivity contribution < 1.29 is 22.6 Å². The van der Waals surface area contributed by atoms with Crippen LogP contribution in [-0.4, -0.2) is 45.6 Å². The van der Waals surface area contributed by atoms with Crippen molar-refractivity contribution in [2.24, 2.45) is 5.10 Å². The summed E-state index contributed by atoms with van der Waals surface area (Å²) in [7, 11) is -0.439. The molecule has 0 spiro atoms. The van der Waals surface area contributed by atoms with Crippen molar-refractivity contribution in [1.82, 2.24) is 4.41 Å². The van der Waals surface area contributed by atoms with Crippen LogP contribution in [0.2, 0.25) is 0 Å². The van der Waals surface area contributed by atoms with Crippen molar-refractivity contribution >= 4 is 15.7 Å². The zero-order chi connectivity index (χ0) is 20.3. The van der Waals surface area contributed by atoms with Crippen molar-refractivity contribution in [2.45, 2.75) is 19.4 Å². The highest BCUT2D eigenvalue weighted by Crippen LogP contribution is 2.37. The van der Waals surface area contributed by atoms with E-state index in [1.54, 1.807) is 20.3 Å². The van der Waals surface area contributed by atoms with Crippen molar-refractivity contribution in [3.8, 4) is 17.2 Å². The fraction of sp³-hybridized carbons (Fsp3) is 0.350. The average molecular weight is 404 g/mol. The van der Waals surface area contributed by atoms with E-state index < -0.39 is 16.1 Å². The fourth-order valence-electron chi connectivity index (χ4n) is 3.15. The Morgan fingerprint density at radius 2 is 1.64 bits per heavy atom. The van der Waals surface area contributed by atoms with Gasteiger partial charge in [-0.05, 0) is 54.4 Å². The van der Waals surface area contributed by atoms with Gasteiger partial charge in [-0.1, -0.05) is 0 Å². The van der Waals surface area contributed by atoms with Crippen molar-refractivity contribution in [3.05, 3.63) is 53.6 Å². The van der Waals surface area contributed by atoms with Gasteiger partial charge in [0.1, 0.15) is 17.2 Å². The van der Waals surface area contributed by atoms with Crippen LogP contribution >= 0.6 is 0 Å². The van der Waals surface area contributed by atoms with E-state index in [1.807, 2.05) is 43.3 Å². The molecule has 0 amide bonds. The Kier molecular flexibility index (Phi) is 5.79. The molecule has 1 heterocycles. The second-order valence-corrected chi connectivity index (χ2v) is 8.25. The molecular weight excluding hydrogens is 380 g/mol. The largest absolute Gasteiger partial charge is 0.497 e. The zero-order valence-electron chi connectivity index (χ0n) is 16.4. The molecule has 150 valence electrons. The molecule has 0 bridgehead atoms. The van der Waals surface area contributed by atoms with Gasteiger partial charge in [0.15, 0.2) is 0 Å². The lowest BCUT2D eigenvalue weighted by molar-refractivity contribution is 0.340. The van der Waals surface area contributed by atoms with Gasteiger partial charge in [-0.25, -0.2) is 8.42 Å². The summed E-state index contributed by atoms with van der Waals surface area (Å²) in [5.74, 6) is 1.95. The molecule has 1 aliphatic rings. The standard InChI is InChI=1S/C20H24N2O5S/c1-5-27-16-8-6-14(7-9-16)19-13-20(22(21-19)28(4,23)24)15-10-17(25-2)12-18(11-15)26-3/h6-12,20H,5,13H2,1-4H3/t20-/m1/s1. The smallest absolute Gasteiger partial charge is 0.247 e. The van der Waals surface area contributed by atoms with Crippen LogP contribution in [0.1, 0.15) is 30.5 Å². The summed E-state index contributed by atoms with van der Waals surface area (Å²) in [6, 6.07) is 12.4. The van der Waals surface area contributed by atoms with Gasteiger partial charge in [0.2, 0.25) is 10.0 Å². The van der Waals surface area contributed by atoms with Gasteiger partial charge in [0.05, 0.1) is 38.8 Å². The molecule has 0 aliphatic carbocycles. The van der Waals surface area contributed by atoms with Gasteiger partial charge < -0.3 is 14.2 Å². The number of hydrogen-bond acceptors (Lipinski definition) is 6. The van der Waals surface area contributed by atoms with Crippen LogP contribution < -0.4 is 14.2 Å². The summed E-state index contributed by atoms with van der Waals surface area (Å²) in [6.07, 6.45) is 1.60. The second-order valence-electron chi connectivity index (χ2n) is 6.41. The molecule has 0 radical (unpaired) electrons. The van der Waals surface area contributed by atoms with E-state index in [4.69, 9.17) is 14.2 Å². The fourth-order valence-corrected chi connectivity index (χ4v) is 4.05. The van der Waals surface area contributed by atoms with E-state index in [0.29, 0.717) is 30.2 Å². The summed E-state index contributed by atoms with van der Waals surface area (Å²) in [5.41, 5.74) is 2.31. The maximum absolute atomic E-state index is 12.4. The lowest BCUT2D eigenvalue weighted by Gasteiger charge is -2.22. The molecule has 0 saturated carbocycles. The van der Waals surface area contributed by atoms with Crippen molar-refractivity contribution in [3.63, 3.8) is 0 Å². The number of benzene rings is 2. The predicted molar refractivity (Wildman–Crippen MR) is 108 cm³/mol. The monoisotopic (exact) mass is 404 g/mol. The maximum Gasteiger partial charge on any atom is 0.247 e. The minimum Gasteiger partial charge on any atom is -0.497 e. The molecular formula is C20H24N2O5S. The highest BCUT2D eigenvalue weighted by molar-refractivity contribution is 7.88. The third kappa shape index (κ3) is 4.22. The molecule has 0 saturated heterocycles. The highest BCUT2D eigenvalue weighted by atomic mass is 32.2. The molecule has 1 aliphatic heterocycles. The first-order chi connectivity index (χ1) is 13.4. The van der Waals surface area contributed by atoms with Gasteiger partial charge in [-0.2, -0.15) is 9.52 Å². The molecule has 0 N–H and O–H groups in total. The molecule has 0 unspecified atom stereocenters. The minimum absolute atomic E-state index is 0.442. The number of sulfonamides is 1. The molecule has 2 aromatic rings. The van der Waals surface area contributed by atoms with Gasteiger partial charge in [0.25, 0.3) is 0 Å². The van der Waals surface area contributed by atoms with Crippen LogP contribution in [0, 0.1) is 0 Å². The Morgan fingerprint density at radius 1 is 1.04 bits per heavy atom. The van der Waals surface area contributed by atoms with Crippen LogP contribution in [0.3, 0.4) is 0 Å². The number of nitrogens with zero attached hydrogens (tertiary/aromatic N) is 2. The first-order valence-corrected chi connectivity index (χ1v) is 10.7. The number of ether oxygens (including phenoxy) is 3. The van der Waals surface area contributed by atoms with Crippen LogP contribution in [0.5, 0.6) is 17.2 Å². The summed E-state index contributed by atoms with van der Waals surface area (Å²) in [5, 5.41) is 4.41. The molecule has 28 heavy (non-hydrogen) atoms. The normalized spacial score (nSPS) is 16.6. The molecule has 1 atom stereocenters. The summed E-state index contributed by atoms with van der Waals surface area (Å²) in [4.78, 5) is 0. The lowest BCUT2D eigenvalue weighted by Crippen LogP contribution is -2.26. The Morgan fingerprint density at radius 3 is 2.14 bits per heavy atom. The first kappa shape index (κ1) is 20.0. The average Bonchev–Trinajstić information content (AvgIpc) is 3.14. The minimum atomic E-state index is -3.56. The number of hydrazone groups is 1. The topological polar surface area (TPSA) is 77.4 Å². The molecule has 0 fully saturated rings. The van der Waals surface area contributed by atoms with E-state index in [-0.39, 0.29) is 0 Å². The van der Waals surface area contributed by atoms with E-state index in [9.17, 15) is 8.42 Å². The van der Waals surface area contributed by atoms with Crippen molar-refractivity contribution in [1.29, 1.82) is 0 Å². The third-order valence-corrected chi connectivity index (χ3v) is 5.49. The van der Waals surface area contributed by atoms with E-state index >= 15 is 0 Å². The Bertz CT molecular complexity index is 948. The second kappa shape index (κ2) is 8.10. The van der Waals surface area contributed by atoms with E-state index in [1.165, 1.54) is 0 Å². The molecule has 7 nitrogen and oxygen atoms in total. The summed E-state index contributed by atoms with van der Waals surface area (Å²) in [6.45, 7) is 2.51. The summed E-state index contributed by atoms with van der Waals surface area (Å²) >= 11 is 0. The lowest BCUT2D eigenvalue weighted by atomic mass is 9.98. The Hall–Kier alpha value is -2.74.